The first kappa shape index (κ1) is 19.7. The second-order valence-electron chi connectivity index (χ2n) is 8.65. The number of nitrogens with zero attached hydrogens (tertiary/aromatic N) is 1. The van der Waals surface area contributed by atoms with Crippen molar-refractivity contribution in [2.24, 2.45) is 17.3 Å². The zero-order valence-corrected chi connectivity index (χ0v) is 16.3. The van der Waals surface area contributed by atoms with Crippen molar-refractivity contribution in [3.63, 3.8) is 0 Å². The third-order valence-corrected chi connectivity index (χ3v) is 5.52. The predicted molar refractivity (Wildman–Crippen MR) is 100 cm³/mol. The normalized spacial score (nSPS) is 18.6. The quantitative estimate of drug-likeness (QED) is 0.357. The summed E-state index contributed by atoms with van der Waals surface area (Å²) in [6.07, 6.45) is 12.2. The largest absolute Gasteiger partial charge is 0.299 e. The van der Waals surface area contributed by atoms with Gasteiger partial charge in [-0.1, -0.05) is 85.3 Å². The van der Waals surface area contributed by atoms with Crippen LogP contribution in [0.5, 0.6) is 0 Å². The maximum absolute atomic E-state index is 2.64. The molecule has 0 radical (unpaired) electrons. The summed E-state index contributed by atoms with van der Waals surface area (Å²) >= 11 is 0. The molecule has 1 aliphatic heterocycles. The van der Waals surface area contributed by atoms with Crippen molar-refractivity contribution in [1.82, 2.24) is 4.90 Å². The second-order valence-corrected chi connectivity index (χ2v) is 8.65. The molecule has 1 aliphatic rings. The van der Waals surface area contributed by atoms with Crippen LogP contribution < -0.4 is 0 Å². The van der Waals surface area contributed by atoms with E-state index in [2.05, 4.69) is 52.5 Å². The number of hydrogen-bond donors (Lipinski definition) is 0. The number of unbranched alkanes of at least 4 members (excludes halogenated alkanes) is 3. The van der Waals surface area contributed by atoms with E-state index >= 15 is 0 Å². The highest BCUT2D eigenvalue weighted by Gasteiger charge is 2.20. The van der Waals surface area contributed by atoms with Gasteiger partial charge in [0.15, 0.2) is 0 Å². The van der Waals surface area contributed by atoms with E-state index in [1.165, 1.54) is 64.6 Å². The molecule has 1 unspecified atom stereocenters. The molecule has 0 fully saturated rings. The van der Waals surface area contributed by atoms with Crippen LogP contribution in [0.3, 0.4) is 0 Å². The lowest BCUT2D eigenvalue weighted by Crippen LogP contribution is -2.32. The lowest BCUT2D eigenvalue weighted by Gasteiger charge is -2.32. The van der Waals surface area contributed by atoms with E-state index in [1.807, 2.05) is 0 Å². The summed E-state index contributed by atoms with van der Waals surface area (Å²) < 4.78 is 0. The average Bonchev–Trinajstić information content (AvgIpc) is 2.45. The van der Waals surface area contributed by atoms with Gasteiger partial charge in [0.25, 0.3) is 0 Å². The van der Waals surface area contributed by atoms with E-state index in [0.717, 1.165) is 11.8 Å². The first-order chi connectivity index (χ1) is 10.3. The molecule has 22 heavy (non-hydrogen) atoms. The van der Waals surface area contributed by atoms with Crippen molar-refractivity contribution in [3.8, 4) is 0 Å². The minimum absolute atomic E-state index is 0.373. The summed E-state index contributed by atoms with van der Waals surface area (Å²) in [5.74, 6) is 1.81. The van der Waals surface area contributed by atoms with Gasteiger partial charge >= 0.3 is 0 Å². The minimum atomic E-state index is 0.373. The van der Waals surface area contributed by atoms with Gasteiger partial charge in [0.05, 0.1) is 0 Å². The zero-order chi connectivity index (χ0) is 16.6. The van der Waals surface area contributed by atoms with E-state index in [0.29, 0.717) is 5.41 Å². The van der Waals surface area contributed by atoms with Crippen molar-refractivity contribution in [2.45, 2.75) is 86.5 Å². The molecule has 0 saturated heterocycles. The maximum Gasteiger partial charge on any atom is 0.0166 e. The Hall–Kier alpha value is -0.300. The van der Waals surface area contributed by atoms with E-state index in [4.69, 9.17) is 0 Å². The van der Waals surface area contributed by atoms with Gasteiger partial charge in [-0.15, -0.1) is 0 Å². The minimum Gasteiger partial charge on any atom is -0.299 e. The Labute approximate surface area is 140 Å². The summed E-state index contributed by atoms with van der Waals surface area (Å²) in [5, 5.41) is 0. The molecule has 0 N–H and O–H groups in total. The first-order valence-electron chi connectivity index (χ1n) is 9.76. The lowest BCUT2D eigenvalue weighted by molar-refractivity contribution is 0.270. The zero-order valence-electron chi connectivity index (χ0n) is 16.3. The summed E-state index contributed by atoms with van der Waals surface area (Å²) in [6, 6.07) is 0. The maximum atomic E-state index is 2.64. The lowest BCUT2D eigenvalue weighted by atomic mass is 9.83. The molecule has 0 spiro atoms. The van der Waals surface area contributed by atoms with Gasteiger partial charge in [0, 0.05) is 13.1 Å². The predicted octanol–water partition coefficient (Wildman–Crippen LogP) is 6.30. The molecule has 0 aromatic heterocycles. The Morgan fingerprint density at radius 1 is 1.09 bits per heavy atom. The van der Waals surface area contributed by atoms with Crippen LogP contribution in [-0.4, -0.2) is 24.5 Å². The number of hydrogen-bond acceptors (Lipinski definition) is 1. The topological polar surface area (TPSA) is 3.24 Å². The van der Waals surface area contributed by atoms with Crippen molar-refractivity contribution < 1.29 is 0 Å². The molecule has 1 heteroatoms. The molecule has 0 aromatic rings. The second kappa shape index (κ2) is 9.75. The molecular weight excluding hydrogens is 266 g/mol. The monoisotopic (exact) mass is 307 g/mol. The SMILES string of the molecule is CCC(CCCCCCN1CC=C(C(C)(C)C)CC1)C(C)C. The molecule has 1 rings (SSSR count). The molecule has 0 aromatic carbocycles. The van der Waals surface area contributed by atoms with E-state index in [-0.39, 0.29) is 0 Å². The van der Waals surface area contributed by atoms with Crippen LogP contribution in [0, 0.1) is 17.3 Å². The Balaban J connectivity index is 2.08. The van der Waals surface area contributed by atoms with Gasteiger partial charge in [0.2, 0.25) is 0 Å². The van der Waals surface area contributed by atoms with Gasteiger partial charge in [-0.2, -0.15) is 0 Å². The summed E-state index contributed by atoms with van der Waals surface area (Å²) in [6.45, 7) is 17.9. The van der Waals surface area contributed by atoms with Gasteiger partial charge in [0.1, 0.15) is 0 Å². The van der Waals surface area contributed by atoms with Crippen molar-refractivity contribution in [2.75, 3.05) is 19.6 Å². The molecule has 130 valence electrons. The molecule has 0 aliphatic carbocycles. The smallest absolute Gasteiger partial charge is 0.0166 e. The highest BCUT2D eigenvalue weighted by Crippen LogP contribution is 2.30. The Morgan fingerprint density at radius 2 is 1.77 bits per heavy atom. The van der Waals surface area contributed by atoms with Gasteiger partial charge < -0.3 is 0 Å². The summed E-state index contributed by atoms with van der Waals surface area (Å²) in [5.41, 5.74) is 2.03. The van der Waals surface area contributed by atoms with Crippen molar-refractivity contribution in [1.29, 1.82) is 0 Å². The molecular formula is C21H41N. The van der Waals surface area contributed by atoms with Crippen LogP contribution in [-0.2, 0) is 0 Å². The molecule has 1 nitrogen and oxygen atoms in total. The fraction of sp³-hybridized carbons (Fsp3) is 0.905. The van der Waals surface area contributed by atoms with Crippen LogP contribution in [0.4, 0.5) is 0 Å². The van der Waals surface area contributed by atoms with Gasteiger partial charge in [-0.25, -0.2) is 0 Å². The molecule has 0 amide bonds. The van der Waals surface area contributed by atoms with Crippen LogP contribution >= 0.6 is 0 Å². The first-order valence-corrected chi connectivity index (χ1v) is 9.76. The standard InChI is InChI=1S/C21H41N/c1-7-19(18(2)3)12-10-8-9-11-15-22-16-13-20(14-17-22)21(4,5)6/h13,18-19H,7-12,14-17H2,1-6H3. The van der Waals surface area contributed by atoms with Crippen LogP contribution in [0.1, 0.15) is 86.5 Å². The summed E-state index contributed by atoms with van der Waals surface area (Å²) in [4.78, 5) is 2.64. The Kier molecular flexibility index (Phi) is 8.75. The van der Waals surface area contributed by atoms with Crippen molar-refractivity contribution >= 4 is 0 Å². The van der Waals surface area contributed by atoms with E-state index in [9.17, 15) is 0 Å². The Morgan fingerprint density at radius 3 is 2.27 bits per heavy atom. The fourth-order valence-electron chi connectivity index (χ4n) is 3.70. The van der Waals surface area contributed by atoms with E-state index in [1.54, 1.807) is 5.57 Å². The van der Waals surface area contributed by atoms with Crippen molar-refractivity contribution in [3.05, 3.63) is 11.6 Å². The third kappa shape index (κ3) is 7.31. The molecule has 1 heterocycles. The van der Waals surface area contributed by atoms with Gasteiger partial charge in [-0.05, 0) is 36.6 Å². The number of rotatable bonds is 9. The molecule has 0 bridgehead atoms. The summed E-state index contributed by atoms with van der Waals surface area (Å²) in [7, 11) is 0. The average molecular weight is 308 g/mol. The van der Waals surface area contributed by atoms with E-state index < -0.39 is 0 Å². The third-order valence-electron chi connectivity index (χ3n) is 5.52. The van der Waals surface area contributed by atoms with Crippen LogP contribution in [0.25, 0.3) is 0 Å². The molecule has 0 saturated carbocycles. The Bertz CT molecular complexity index is 321. The fourth-order valence-corrected chi connectivity index (χ4v) is 3.70. The van der Waals surface area contributed by atoms with Crippen LogP contribution in [0.15, 0.2) is 11.6 Å². The van der Waals surface area contributed by atoms with Crippen LogP contribution in [0.2, 0.25) is 0 Å². The molecule has 1 atom stereocenters. The van der Waals surface area contributed by atoms with Gasteiger partial charge in [-0.3, -0.25) is 4.90 Å². The highest BCUT2D eigenvalue weighted by molar-refractivity contribution is 5.14. The highest BCUT2D eigenvalue weighted by atomic mass is 15.1.